The monoisotopic (exact) mass is 246 g/mol. The van der Waals surface area contributed by atoms with E-state index in [1.807, 2.05) is 12.1 Å². The Morgan fingerprint density at radius 3 is 2.61 bits per heavy atom. The molecule has 1 amide bonds. The first-order valence-electron chi connectivity index (χ1n) is 6.05. The molecule has 0 radical (unpaired) electrons. The van der Waals surface area contributed by atoms with E-state index in [2.05, 4.69) is 5.32 Å². The molecule has 4 N–H and O–H groups in total. The van der Waals surface area contributed by atoms with Crippen molar-refractivity contribution in [1.29, 1.82) is 5.41 Å². The number of likely N-dealkylation sites (N-methyl/N-ethyl adjacent to an activating group) is 1. The third kappa shape index (κ3) is 2.51. The van der Waals surface area contributed by atoms with Crippen LogP contribution in [-0.2, 0) is 4.79 Å². The van der Waals surface area contributed by atoms with Gasteiger partial charge in [-0.2, -0.15) is 0 Å². The van der Waals surface area contributed by atoms with E-state index in [0.29, 0.717) is 5.56 Å². The van der Waals surface area contributed by atoms with E-state index in [1.54, 1.807) is 24.1 Å². The van der Waals surface area contributed by atoms with Gasteiger partial charge in [0.05, 0.1) is 6.04 Å². The molecule has 2 rings (SSSR count). The maximum atomic E-state index is 12.2. The van der Waals surface area contributed by atoms with Gasteiger partial charge in [-0.3, -0.25) is 10.2 Å². The Morgan fingerprint density at radius 2 is 2.11 bits per heavy atom. The smallest absolute Gasteiger partial charge is 0.243 e. The van der Waals surface area contributed by atoms with Gasteiger partial charge in [-0.15, -0.1) is 0 Å². The summed E-state index contributed by atoms with van der Waals surface area (Å²) >= 11 is 0. The number of hydrogen-bond acceptors (Lipinski definition) is 3. The zero-order chi connectivity index (χ0) is 13.1. The number of amidine groups is 1. The molecule has 0 saturated carbocycles. The molecule has 0 spiro atoms. The molecule has 1 saturated heterocycles. The normalized spacial score (nSPS) is 18.6. The number of amides is 1. The van der Waals surface area contributed by atoms with Crippen LogP contribution in [0.4, 0.5) is 5.69 Å². The Hall–Kier alpha value is -1.88. The van der Waals surface area contributed by atoms with Gasteiger partial charge in [-0.1, -0.05) is 0 Å². The zero-order valence-electron chi connectivity index (χ0n) is 10.4. The predicted octanol–water partition coefficient (Wildman–Crippen LogP) is 0.685. The summed E-state index contributed by atoms with van der Waals surface area (Å²) in [6.45, 7) is 0.910. The van der Waals surface area contributed by atoms with E-state index in [-0.39, 0.29) is 17.8 Å². The van der Waals surface area contributed by atoms with Crippen molar-refractivity contribution < 1.29 is 4.79 Å². The van der Waals surface area contributed by atoms with E-state index < -0.39 is 0 Å². The fourth-order valence-electron chi connectivity index (χ4n) is 2.12. The second-order valence-corrected chi connectivity index (χ2v) is 4.51. The van der Waals surface area contributed by atoms with Crippen LogP contribution in [0.15, 0.2) is 24.3 Å². The van der Waals surface area contributed by atoms with Crippen molar-refractivity contribution in [3.63, 3.8) is 0 Å². The lowest BCUT2D eigenvalue weighted by Gasteiger charge is -2.21. The van der Waals surface area contributed by atoms with Crippen molar-refractivity contribution in [2.45, 2.75) is 18.9 Å². The minimum Gasteiger partial charge on any atom is -0.384 e. The van der Waals surface area contributed by atoms with Crippen LogP contribution in [0, 0.1) is 5.41 Å². The van der Waals surface area contributed by atoms with Crippen molar-refractivity contribution >= 4 is 17.4 Å². The zero-order valence-corrected chi connectivity index (χ0v) is 10.4. The third-order valence-corrected chi connectivity index (χ3v) is 3.25. The van der Waals surface area contributed by atoms with Crippen LogP contribution < -0.4 is 16.0 Å². The molecule has 5 nitrogen and oxygen atoms in total. The number of nitrogens with zero attached hydrogens (tertiary/aromatic N) is 1. The summed E-state index contributed by atoms with van der Waals surface area (Å²) in [4.78, 5) is 13.8. The van der Waals surface area contributed by atoms with Crippen molar-refractivity contribution in [3.05, 3.63) is 29.8 Å². The number of nitrogens with one attached hydrogen (secondary N) is 2. The first-order chi connectivity index (χ1) is 8.59. The Bertz CT molecular complexity index is 449. The molecular formula is C13H18N4O. The number of rotatable bonds is 3. The average molecular weight is 246 g/mol. The molecule has 1 aromatic rings. The van der Waals surface area contributed by atoms with Crippen molar-refractivity contribution in [2.24, 2.45) is 5.73 Å². The van der Waals surface area contributed by atoms with Gasteiger partial charge in [0, 0.05) is 18.3 Å². The molecule has 1 heterocycles. The van der Waals surface area contributed by atoms with Crippen LogP contribution in [0.25, 0.3) is 0 Å². The van der Waals surface area contributed by atoms with Crippen molar-refractivity contribution in [3.8, 4) is 0 Å². The summed E-state index contributed by atoms with van der Waals surface area (Å²) in [6, 6.07) is 7.06. The second kappa shape index (κ2) is 5.18. The summed E-state index contributed by atoms with van der Waals surface area (Å²) in [5.41, 5.74) is 6.88. The Kier molecular flexibility index (Phi) is 3.62. The van der Waals surface area contributed by atoms with Crippen LogP contribution in [0.2, 0.25) is 0 Å². The molecule has 1 atom stereocenters. The highest BCUT2D eigenvalue weighted by Crippen LogP contribution is 2.17. The van der Waals surface area contributed by atoms with Gasteiger partial charge in [0.1, 0.15) is 5.84 Å². The molecule has 1 aromatic carbocycles. The molecule has 0 aliphatic carbocycles. The largest absolute Gasteiger partial charge is 0.384 e. The molecule has 1 aliphatic heterocycles. The predicted molar refractivity (Wildman–Crippen MR) is 71.9 cm³/mol. The lowest BCUT2D eigenvalue weighted by atomic mass is 10.1. The summed E-state index contributed by atoms with van der Waals surface area (Å²) in [5, 5.41) is 10.5. The second-order valence-electron chi connectivity index (χ2n) is 4.51. The van der Waals surface area contributed by atoms with E-state index in [9.17, 15) is 4.79 Å². The Labute approximate surface area is 106 Å². The number of carbonyl (C=O) groups excluding carboxylic acids is 1. The van der Waals surface area contributed by atoms with Gasteiger partial charge < -0.3 is 16.0 Å². The van der Waals surface area contributed by atoms with Gasteiger partial charge in [-0.25, -0.2) is 0 Å². The maximum absolute atomic E-state index is 12.2. The van der Waals surface area contributed by atoms with Crippen molar-refractivity contribution in [1.82, 2.24) is 5.32 Å². The summed E-state index contributed by atoms with van der Waals surface area (Å²) in [6.07, 6.45) is 1.95. The molecule has 0 unspecified atom stereocenters. The maximum Gasteiger partial charge on any atom is 0.243 e. The molecular weight excluding hydrogens is 228 g/mol. The van der Waals surface area contributed by atoms with Crippen LogP contribution in [0.5, 0.6) is 0 Å². The van der Waals surface area contributed by atoms with Gasteiger partial charge in [0.15, 0.2) is 0 Å². The molecule has 0 bridgehead atoms. The number of anilines is 1. The summed E-state index contributed by atoms with van der Waals surface area (Å²) < 4.78 is 0. The van der Waals surface area contributed by atoms with Gasteiger partial charge in [0.25, 0.3) is 0 Å². The minimum atomic E-state index is -0.0671. The average Bonchev–Trinajstić information content (AvgIpc) is 2.91. The van der Waals surface area contributed by atoms with Gasteiger partial charge in [0.2, 0.25) is 5.91 Å². The first-order valence-corrected chi connectivity index (χ1v) is 6.05. The number of hydrogen-bond donors (Lipinski definition) is 3. The van der Waals surface area contributed by atoms with Crippen molar-refractivity contribution in [2.75, 3.05) is 18.5 Å². The number of benzene rings is 1. The van der Waals surface area contributed by atoms with E-state index in [1.165, 1.54) is 0 Å². The highest BCUT2D eigenvalue weighted by atomic mass is 16.2. The first kappa shape index (κ1) is 12.6. The number of nitrogens with two attached hydrogens (primary N) is 1. The SMILES string of the molecule is CN(C(=O)[C@@H]1CCCN1)c1ccc(C(=N)N)cc1. The summed E-state index contributed by atoms with van der Waals surface area (Å²) in [5.74, 6) is 0.121. The Balaban J connectivity index is 2.10. The molecule has 1 aliphatic rings. The lowest BCUT2D eigenvalue weighted by molar-refractivity contribution is -0.119. The highest BCUT2D eigenvalue weighted by Gasteiger charge is 2.25. The fraction of sp³-hybridized carbons (Fsp3) is 0.385. The standard InChI is InChI=1S/C13H18N4O/c1-17(13(18)11-3-2-8-16-11)10-6-4-9(5-7-10)12(14)15/h4-7,11,16H,2-3,8H2,1H3,(H3,14,15)/t11-/m0/s1. The minimum absolute atomic E-state index is 0.0352. The van der Waals surface area contributed by atoms with E-state index in [0.717, 1.165) is 25.1 Å². The molecule has 96 valence electrons. The van der Waals surface area contributed by atoms with E-state index in [4.69, 9.17) is 11.1 Å². The van der Waals surface area contributed by atoms with Gasteiger partial charge >= 0.3 is 0 Å². The summed E-state index contributed by atoms with van der Waals surface area (Å²) in [7, 11) is 1.77. The quantitative estimate of drug-likeness (QED) is 0.542. The Morgan fingerprint density at radius 1 is 1.44 bits per heavy atom. The topological polar surface area (TPSA) is 82.2 Å². The van der Waals surface area contributed by atoms with E-state index >= 15 is 0 Å². The number of carbonyl (C=O) groups is 1. The van der Waals surface area contributed by atoms with Crippen LogP contribution in [-0.4, -0.2) is 31.4 Å². The fourth-order valence-corrected chi connectivity index (χ4v) is 2.12. The number of nitrogen functional groups attached to an aromatic ring is 1. The third-order valence-electron chi connectivity index (χ3n) is 3.25. The molecule has 5 heteroatoms. The molecule has 1 fully saturated rings. The van der Waals surface area contributed by atoms with Crippen LogP contribution in [0.1, 0.15) is 18.4 Å². The highest BCUT2D eigenvalue weighted by molar-refractivity contribution is 5.98. The lowest BCUT2D eigenvalue weighted by Crippen LogP contribution is -2.41. The van der Waals surface area contributed by atoms with Crippen LogP contribution >= 0.6 is 0 Å². The van der Waals surface area contributed by atoms with Crippen LogP contribution in [0.3, 0.4) is 0 Å². The molecule has 0 aromatic heterocycles. The van der Waals surface area contributed by atoms with Gasteiger partial charge in [-0.05, 0) is 43.7 Å². The molecule has 18 heavy (non-hydrogen) atoms.